The Morgan fingerprint density at radius 1 is 1.11 bits per heavy atom. The van der Waals surface area contributed by atoms with Gasteiger partial charge < -0.3 is 19.1 Å². The lowest BCUT2D eigenvalue weighted by molar-refractivity contribution is 0.00578. The van der Waals surface area contributed by atoms with Crippen molar-refractivity contribution in [1.29, 1.82) is 0 Å². The summed E-state index contributed by atoms with van der Waals surface area (Å²) < 4.78 is 23.2. The summed E-state index contributed by atoms with van der Waals surface area (Å²) in [5, 5.41) is 0. The van der Waals surface area contributed by atoms with Crippen LogP contribution in [0.5, 0.6) is 0 Å². The molecule has 112 valence electrons. The Bertz CT molecular complexity index is 336. The molecule has 7 heteroatoms. The van der Waals surface area contributed by atoms with E-state index in [-0.39, 0.29) is 0 Å². The van der Waals surface area contributed by atoms with Crippen molar-refractivity contribution < 1.29 is 23.7 Å². The summed E-state index contributed by atoms with van der Waals surface area (Å²) in [5.74, 6) is 0. The van der Waals surface area contributed by atoms with Gasteiger partial charge in [0.05, 0.1) is 16.8 Å². The zero-order chi connectivity index (χ0) is 14.9. The first-order valence-corrected chi connectivity index (χ1v) is 8.60. The lowest BCUT2D eigenvalue weighted by atomic mass is 9.81. The summed E-state index contributed by atoms with van der Waals surface area (Å²) in [4.78, 5) is 19.1. The molecule has 1 atom stereocenters. The zero-order valence-electron chi connectivity index (χ0n) is 12.5. The Kier molecular flexibility index (Phi) is 5.30. The Balaban J connectivity index is 2.81. The third kappa shape index (κ3) is 4.05. The highest BCUT2D eigenvalue weighted by Crippen LogP contribution is 2.49. The summed E-state index contributed by atoms with van der Waals surface area (Å²) in [6.45, 7) is 9.60. The molecule has 0 aliphatic carbocycles. The van der Waals surface area contributed by atoms with Crippen molar-refractivity contribution in [3.63, 3.8) is 0 Å². The number of hydrogen-bond donors (Lipinski definition) is 2. The second-order valence-corrected chi connectivity index (χ2v) is 8.12. The van der Waals surface area contributed by atoms with Crippen LogP contribution in [0.2, 0.25) is 0 Å². The quantitative estimate of drug-likeness (QED) is 0.447. The van der Waals surface area contributed by atoms with Gasteiger partial charge in [-0.25, -0.2) is 0 Å². The number of hydrogen-bond acceptors (Lipinski definition) is 3. The molecule has 19 heavy (non-hydrogen) atoms. The first-order chi connectivity index (χ1) is 8.51. The summed E-state index contributed by atoms with van der Waals surface area (Å²) in [5.41, 5.74) is -1.99. The van der Waals surface area contributed by atoms with Gasteiger partial charge in [-0.15, -0.1) is 0 Å². The van der Waals surface area contributed by atoms with E-state index in [0.717, 1.165) is 19.3 Å². The predicted octanol–water partition coefficient (Wildman–Crippen LogP) is 2.74. The van der Waals surface area contributed by atoms with Crippen LogP contribution < -0.4 is 0 Å². The first kappa shape index (κ1) is 17.2. The summed E-state index contributed by atoms with van der Waals surface area (Å²) >= 11 is 0. The third-order valence-corrected chi connectivity index (χ3v) is 5.49. The SMILES string of the molecule is CCCCCC(B1OC(C)(C)C(C)(C)O1)P(=O)(O)O. The minimum Gasteiger partial charge on any atom is -0.403 e. The maximum absolute atomic E-state index is 11.7. The van der Waals surface area contributed by atoms with Crippen LogP contribution in [0.1, 0.15) is 60.3 Å². The third-order valence-electron chi connectivity index (χ3n) is 4.12. The molecule has 0 aromatic heterocycles. The van der Waals surface area contributed by atoms with Gasteiger partial charge in [-0.3, -0.25) is 4.57 Å². The molecular formula is C12H26BO5P. The molecule has 0 amide bonds. The fourth-order valence-electron chi connectivity index (χ4n) is 2.11. The highest BCUT2D eigenvalue weighted by Gasteiger charge is 2.57. The van der Waals surface area contributed by atoms with Gasteiger partial charge in [0.2, 0.25) is 0 Å². The highest BCUT2D eigenvalue weighted by atomic mass is 31.2. The molecule has 2 N–H and O–H groups in total. The van der Waals surface area contributed by atoms with E-state index in [1.807, 2.05) is 27.7 Å². The molecule has 0 saturated carbocycles. The van der Waals surface area contributed by atoms with Crippen LogP contribution in [-0.2, 0) is 13.9 Å². The molecule has 0 spiro atoms. The summed E-state index contributed by atoms with van der Waals surface area (Å²) in [6, 6.07) is 0. The Labute approximate surface area is 116 Å². The van der Waals surface area contributed by atoms with E-state index < -0.39 is 31.5 Å². The van der Waals surface area contributed by atoms with E-state index in [4.69, 9.17) is 9.31 Å². The Morgan fingerprint density at radius 2 is 1.58 bits per heavy atom. The van der Waals surface area contributed by atoms with Gasteiger partial charge in [0.1, 0.15) is 0 Å². The number of rotatable bonds is 6. The highest BCUT2D eigenvalue weighted by molar-refractivity contribution is 7.55. The minimum atomic E-state index is -4.23. The number of unbranched alkanes of at least 4 members (excludes halogenated alkanes) is 2. The van der Waals surface area contributed by atoms with Crippen molar-refractivity contribution in [2.24, 2.45) is 0 Å². The van der Waals surface area contributed by atoms with E-state index in [1.165, 1.54) is 0 Å². The zero-order valence-corrected chi connectivity index (χ0v) is 13.4. The predicted molar refractivity (Wildman–Crippen MR) is 76.1 cm³/mol. The fraction of sp³-hybridized carbons (Fsp3) is 1.00. The molecule has 1 aliphatic rings. The molecule has 1 fully saturated rings. The summed E-state index contributed by atoms with van der Waals surface area (Å²) in [6.07, 6.45) is 3.17. The molecule has 0 aromatic carbocycles. The molecule has 0 bridgehead atoms. The fourth-order valence-corrected chi connectivity index (χ4v) is 3.07. The van der Waals surface area contributed by atoms with Gasteiger partial charge >= 0.3 is 14.7 Å². The van der Waals surface area contributed by atoms with Crippen molar-refractivity contribution in [1.82, 2.24) is 0 Å². The molecule has 0 aromatic rings. The van der Waals surface area contributed by atoms with Gasteiger partial charge in [-0.2, -0.15) is 0 Å². The van der Waals surface area contributed by atoms with Gasteiger partial charge in [-0.1, -0.05) is 26.2 Å². The van der Waals surface area contributed by atoms with Crippen LogP contribution in [0, 0.1) is 0 Å². The maximum Gasteiger partial charge on any atom is 0.473 e. The molecule has 5 nitrogen and oxygen atoms in total. The maximum atomic E-state index is 11.7. The lowest BCUT2D eigenvalue weighted by Gasteiger charge is -2.32. The topological polar surface area (TPSA) is 76.0 Å². The van der Waals surface area contributed by atoms with Crippen molar-refractivity contribution in [2.45, 2.75) is 77.1 Å². The molecule has 0 radical (unpaired) electrons. The van der Waals surface area contributed by atoms with E-state index in [9.17, 15) is 14.4 Å². The van der Waals surface area contributed by atoms with Crippen molar-refractivity contribution >= 4 is 14.7 Å². The van der Waals surface area contributed by atoms with Gasteiger partial charge in [-0.05, 0) is 34.1 Å². The van der Waals surface area contributed by atoms with Crippen molar-refractivity contribution in [2.75, 3.05) is 0 Å². The van der Waals surface area contributed by atoms with E-state index in [0.29, 0.717) is 6.42 Å². The van der Waals surface area contributed by atoms with E-state index >= 15 is 0 Å². The molecular weight excluding hydrogens is 266 g/mol. The molecule has 1 heterocycles. The smallest absolute Gasteiger partial charge is 0.403 e. The monoisotopic (exact) mass is 292 g/mol. The van der Waals surface area contributed by atoms with Gasteiger partial charge in [0, 0.05) is 0 Å². The molecule has 1 rings (SSSR count). The van der Waals surface area contributed by atoms with Crippen LogP contribution in [-0.4, -0.2) is 33.7 Å². The first-order valence-electron chi connectivity index (χ1n) is 6.92. The van der Waals surface area contributed by atoms with Crippen molar-refractivity contribution in [3.8, 4) is 0 Å². The summed E-state index contributed by atoms with van der Waals surface area (Å²) in [7, 11) is -5.06. The molecule has 1 saturated heterocycles. The Hall–Kier alpha value is 0.135. The van der Waals surface area contributed by atoms with Gasteiger partial charge in [0.15, 0.2) is 0 Å². The average Bonchev–Trinajstić information content (AvgIpc) is 2.40. The van der Waals surface area contributed by atoms with Crippen LogP contribution in [0.15, 0.2) is 0 Å². The standard InChI is InChI=1S/C12H26BO5P/c1-6-7-8-9-10(19(14,15)16)13-17-11(2,3)12(4,5)18-13/h10H,6-9H2,1-5H3,(H2,14,15,16). The van der Waals surface area contributed by atoms with E-state index in [1.54, 1.807) is 0 Å². The average molecular weight is 292 g/mol. The van der Waals surface area contributed by atoms with Crippen LogP contribution in [0.4, 0.5) is 0 Å². The second kappa shape index (κ2) is 5.86. The van der Waals surface area contributed by atoms with Crippen LogP contribution in [0.3, 0.4) is 0 Å². The largest absolute Gasteiger partial charge is 0.473 e. The molecule has 1 unspecified atom stereocenters. The van der Waals surface area contributed by atoms with Crippen LogP contribution >= 0.6 is 7.60 Å². The van der Waals surface area contributed by atoms with Crippen LogP contribution in [0.25, 0.3) is 0 Å². The Morgan fingerprint density at radius 3 is 1.95 bits per heavy atom. The van der Waals surface area contributed by atoms with E-state index in [2.05, 4.69) is 6.92 Å². The lowest BCUT2D eigenvalue weighted by Crippen LogP contribution is -2.41. The normalized spacial score (nSPS) is 23.6. The molecule has 1 aliphatic heterocycles. The minimum absolute atomic E-state index is 0.426. The van der Waals surface area contributed by atoms with Crippen molar-refractivity contribution in [3.05, 3.63) is 0 Å². The second-order valence-electron chi connectivity index (χ2n) is 6.28. The van der Waals surface area contributed by atoms with Gasteiger partial charge in [0.25, 0.3) is 0 Å².